The fourth-order valence-corrected chi connectivity index (χ4v) is 2.14. The molecule has 0 aromatic carbocycles. The molecule has 4 nitrogen and oxygen atoms in total. The third kappa shape index (κ3) is 3.53. The van der Waals surface area contributed by atoms with Crippen molar-refractivity contribution < 1.29 is 5.11 Å². The van der Waals surface area contributed by atoms with E-state index in [0.717, 1.165) is 43.9 Å². The molecule has 1 atom stereocenters. The number of allylic oxidation sites excluding steroid dienone is 1. The standard InChI is InChI=1S/C14H21N3O/c1-2-3-4-7-13-15-9-8-14(16-13)17-10-5-6-12(18)11-17/h4,7-9,12,18H,2-3,5-6,10-11H2,1H3/b7-4+/t12-/m1/s1. The molecule has 2 rings (SSSR count). The molecule has 0 saturated carbocycles. The number of piperidine rings is 1. The van der Waals surface area contributed by atoms with E-state index in [1.165, 1.54) is 0 Å². The van der Waals surface area contributed by atoms with Gasteiger partial charge in [-0.25, -0.2) is 9.97 Å². The van der Waals surface area contributed by atoms with Crippen molar-refractivity contribution in [3.8, 4) is 0 Å². The largest absolute Gasteiger partial charge is 0.391 e. The molecule has 98 valence electrons. The summed E-state index contributed by atoms with van der Waals surface area (Å²) >= 11 is 0. The van der Waals surface area contributed by atoms with Crippen molar-refractivity contribution >= 4 is 11.9 Å². The minimum Gasteiger partial charge on any atom is -0.391 e. The van der Waals surface area contributed by atoms with Gasteiger partial charge in [0.25, 0.3) is 0 Å². The third-order valence-corrected chi connectivity index (χ3v) is 3.10. The second-order valence-electron chi connectivity index (χ2n) is 4.71. The summed E-state index contributed by atoms with van der Waals surface area (Å²) in [5, 5.41) is 9.68. The molecular weight excluding hydrogens is 226 g/mol. The van der Waals surface area contributed by atoms with Gasteiger partial charge in [-0.15, -0.1) is 0 Å². The average molecular weight is 247 g/mol. The second kappa shape index (κ2) is 6.50. The van der Waals surface area contributed by atoms with E-state index in [4.69, 9.17) is 0 Å². The van der Waals surface area contributed by atoms with Crippen molar-refractivity contribution in [2.24, 2.45) is 0 Å². The number of β-amino-alcohol motifs (C(OH)–C–C–N with tert-alkyl or cyclic N) is 1. The summed E-state index contributed by atoms with van der Waals surface area (Å²) < 4.78 is 0. The van der Waals surface area contributed by atoms with Crippen molar-refractivity contribution in [2.45, 2.75) is 38.7 Å². The molecule has 1 aromatic heterocycles. The van der Waals surface area contributed by atoms with Gasteiger partial charge in [0.1, 0.15) is 5.82 Å². The van der Waals surface area contributed by atoms with Crippen LogP contribution in [0.25, 0.3) is 6.08 Å². The van der Waals surface area contributed by atoms with Crippen LogP contribution in [0.15, 0.2) is 18.3 Å². The Morgan fingerprint density at radius 3 is 3.22 bits per heavy atom. The number of unbranched alkanes of at least 4 members (excludes halogenated alkanes) is 1. The normalized spacial score (nSPS) is 20.6. The van der Waals surface area contributed by atoms with E-state index in [1.54, 1.807) is 6.20 Å². The van der Waals surface area contributed by atoms with Gasteiger partial charge < -0.3 is 10.0 Å². The monoisotopic (exact) mass is 247 g/mol. The molecule has 1 aliphatic heterocycles. The first kappa shape index (κ1) is 13.0. The summed E-state index contributed by atoms with van der Waals surface area (Å²) in [5.74, 6) is 1.67. The lowest BCUT2D eigenvalue weighted by molar-refractivity contribution is 0.154. The van der Waals surface area contributed by atoms with Crippen LogP contribution in [0.1, 0.15) is 38.4 Å². The van der Waals surface area contributed by atoms with Crippen LogP contribution in [0.2, 0.25) is 0 Å². The molecule has 0 spiro atoms. The lowest BCUT2D eigenvalue weighted by Crippen LogP contribution is -2.38. The van der Waals surface area contributed by atoms with Crippen LogP contribution in [-0.2, 0) is 0 Å². The molecule has 1 fully saturated rings. The lowest BCUT2D eigenvalue weighted by Gasteiger charge is -2.30. The summed E-state index contributed by atoms with van der Waals surface area (Å²) in [7, 11) is 0. The fraction of sp³-hybridized carbons (Fsp3) is 0.571. The Hall–Kier alpha value is -1.42. The number of rotatable bonds is 4. The number of aromatic nitrogens is 2. The first-order valence-electron chi connectivity index (χ1n) is 6.72. The summed E-state index contributed by atoms with van der Waals surface area (Å²) in [6.07, 6.45) is 9.72. The number of hydrogen-bond donors (Lipinski definition) is 1. The molecule has 0 amide bonds. The highest BCUT2D eigenvalue weighted by molar-refractivity contribution is 5.46. The second-order valence-corrected chi connectivity index (χ2v) is 4.71. The molecule has 4 heteroatoms. The van der Waals surface area contributed by atoms with Crippen molar-refractivity contribution in [3.05, 3.63) is 24.2 Å². The maximum Gasteiger partial charge on any atom is 0.153 e. The van der Waals surface area contributed by atoms with Gasteiger partial charge in [-0.05, 0) is 31.4 Å². The zero-order chi connectivity index (χ0) is 12.8. The van der Waals surface area contributed by atoms with Crippen molar-refractivity contribution in [2.75, 3.05) is 18.0 Å². The number of nitrogens with zero attached hydrogens (tertiary/aromatic N) is 3. The molecule has 1 N–H and O–H groups in total. The van der Waals surface area contributed by atoms with Crippen molar-refractivity contribution in [1.29, 1.82) is 0 Å². The maximum absolute atomic E-state index is 9.68. The minimum absolute atomic E-state index is 0.229. The van der Waals surface area contributed by atoms with E-state index in [2.05, 4.69) is 27.9 Å². The van der Waals surface area contributed by atoms with Crippen LogP contribution < -0.4 is 4.90 Å². The highest BCUT2D eigenvalue weighted by Crippen LogP contribution is 2.17. The molecule has 0 unspecified atom stereocenters. The zero-order valence-corrected chi connectivity index (χ0v) is 10.9. The molecule has 0 aliphatic carbocycles. The number of aliphatic hydroxyl groups is 1. The Morgan fingerprint density at radius 2 is 2.44 bits per heavy atom. The minimum atomic E-state index is -0.229. The van der Waals surface area contributed by atoms with Crippen molar-refractivity contribution in [1.82, 2.24) is 9.97 Å². The van der Waals surface area contributed by atoms with Crippen LogP contribution >= 0.6 is 0 Å². The lowest BCUT2D eigenvalue weighted by atomic mass is 10.1. The van der Waals surface area contributed by atoms with E-state index in [0.29, 0.717) is 6.54 Å². The Balaban J connectivity index is 2.06. The molecule has 2 heterocycles. The Bertz CT molecular complexity index is 406. The van der Waals surface area contributed by atoms with Gasteiger partial charge in [0, 0.05) is 19.3 Å². The van der Waals surface area contributed by atoms with Gasteiger partial charge in [-0.1, -0.05) is 19.4 Å². The van der Waals surface area contributed by atoms with Crippen molar-refractivity contribution in [3.63, 3.8) is 0 Å². The van der Waals surface area contributed by atoms with E-state index >= 15 is 0 Å². The first-order chi connectivity index (χ1) is 8.79. The number of hydrogen-bond acceptors (Lipinski definition) is 4. The van der Waals surface area contributed by atoms with Gasteiger partial charge >= 0.3 is 0 Å². The average Bonchev–Trinajstić information content (AvgIpc) is 2.39. The van der Waals surface area contributed by atoms with E-state index in [1.807, 2.05) is 12.1 Å². The molecule has 1 aliphatic rings. The van der Waals surface area contributed by atoms with Crippen LogP contribution in [0.3, 0.4) is 0 Å². The molecule has 0 radical (unpaired) electrons. The molecule has 1 saturated heterocycles. The summed E-state index contributed by atoms with van der Waals surface area (Å²) in [5.41, 5.74) is 0. The SMILES string of the molecule is CCC/C=C/c1nccc(N2CCC[C@@H](O)C2)n1. The quantitative estimate of drug-likeness (QED) is 0.886. The summed E-state index contributed by atoms with van der Waals surface area (Å²) in [6, 6.07) is 1.91. The smallest absolute Gasteiger partial charge is 0.153 e. The highest BCUT2D eigenvalue weighted by Gasteiger charge is 2.18. The molecule has 18 heavy (non-hydrogen) atoms. The molecular formula is C14H21N3O. The zero-order valence-electron chi connectivity index (χ0n) is 10.9. The van der Waals surface area contributed by atoms with Crippen LogP contribution in [-0.4, -0.2) is 34.3 Å². The predicted molar refractivity (Wildman–Crippen MR) is 73.4 cm³/mol. The van der Waals surface area contributed by atoms with E-state index < -0.39 is 0 Å². The van der Waals surface area contributed by atoms with Crippen LogP contribution in [0, 0.1) is 0 Å². The van der Waals surface area contributed by atoms with Gasteiger partial charge in [0.15, 0.2) is 5.82 Å². The van der Waals surface area contributed by atoms with Gasteiger partial charge in [0.05, 0.1) is 6.10 Å². The van der Waals surface area contributed by atoms with Crippen LogP contribution in [0.5, 0.6) is 0 Å². The van der Waals surface area contributed by atoms with Gasteiger partial charge in [-0.2, -0.15) is 0 Å². The van der Waals surface area contributed by atoms with Crippen LogP contribution in [0.4, 0.5) is 5.82 Å². The predicted octanol–water partition coefficient (Wildman–Crippen LogP) is 2.25. The summed E-state index contributed by atoms with van der Waals surface area (Å²) in [6.45, 7) is 3.79. The topological polar surface area (TPSA) is 49.2 Å². The Kier molecular flexibility index (Phi) is 4.70. The highest BCUT2D eigenvalue weighted by atomic mass is 16.3. The molecule has 0 bridgehead atoms. The first-order valence-corrected chi connectivity index (χ1v) is 6.72. The fourth-order valence-electron chi connectivity index (χ4n) is 2.14. The number of aliphatic hydroxyl groups excluding tert-OH is 1. The maximum atomic E-state index is 9.68. The van der Waals surface area contributed by atoms with E-state index in [-0.39, 0.29) is 6.10 Å². The summed E-state index contributed by atoms with van der Waals surface area (Å²) in [4.78, 5) is 10.9. The Labute approximate surface area is 108 Å². The van der Waals surface area contributed by atoms with Gasteiger partial charge in [-0.3, -0.25) is 0 Å². The third-order valence-electron chi connectivity index (χ3n) is 3.10. The molecule has 1 aromatic rings. The Morgan fingerprint density at radius 1 is 1.56 bits per heavy atom. The van der Waals surface area contributed by atoms with E-state index in [9.17, 15) is 5.11 Å². The number of anilines is 1. The van der Waals surface area contributed by atoms with Gasteiger partial charge in [0.2, 0.25) is 0 Å².